The van der Waals surface area contributed by atoms with Crippen LogP contribution in [0, 0.1) is 17.2 Å². The van der Waals surface area contributed by atoms with E-state index >= 15 is 0 Å². The molecule has 1 aromatic rings. The van der Waals surface area contributed by atoms with Crippen molar-refractivity contribution in [2.75, 3.05) is 11.4 Å². The fraction of sp³-hybridized carbons (Fsp3) is 0.533. The van der Waals surface area contributed by atoms with Gasteiger partial charge in [0, 0.05) is 17.9 Å². The number of piperidine rings is 1. The summed E-state index contributed by atoms with van der Waals surface area (Å²) in [6.45, 7) is 5.60. The van der Waals surface area contributed by atoms with Crippen molar-refractivity contribution in [2.45, 2.75) is 38.1 Å². The van der Waals surface area contributed by atoms with Crippen LogP contribution in [0.3, 0.4) is 0 Å². The summed E-state index contributed by atoms with van der Waals surface area (Å²) in [5.41, 5.74) is 3.06. The third kappa shape index (κ3) is 2.70. The topological polar surface area (TPSA) is 27.0 Å². The molecule has 0 aliphatic carbocycles. The third-order valence-electron chi connectivity index (χ3n) is 3.76. The molecule has 0 spiro atoms. The Morgan fingerprint density at radius 1 is 1.39 bits per heavy atom. The van der Waals surface area contributed by atoms with E-state index in [4.69, 9.17) is 0 Å². The lowest BCUT2D eigenvalue weighted by Gasteiger charge is -2.39. The van der Waals surface area contributed by atoms with E-state index < -0.39 is 0 Å². The summed E-state index contributed by atoms with van der Waals surface area (Å²) in [6, 6.07) is 9.08. The summed E-state index contributed by atoms with van der Waals surface area (Å²) in [7, 11) is 0. The van der Waals surface area contributed by atoms with Crippen LogP contribution < -0.4 is 4.90 Å². The molecule has 1 heterocycles. The molecule has 0 saturated carbocycles. The van der Waals surface area contributed by atoms with Gasteiger partial charge in [-0.1, -0.05) is 28.9 Å². The highest BCUT2D eigenvalue weighted by molar-refractivity contribution is 9.08. The van der Waals surface area contributed by atoms with Gasteiger partial charge in [-0.25, -0.2) is 0 Å². The average Bonchev–Trinajstić information content (AvgIpc) is 2.41. The van der Waals surface area contributed by atoms with Crippen LogP contribution in [0.2, 0.25) is 0 Å². The minimum Gasteiger partial charge on any atom is -0.367 e. The zero-order chi connectivity index (χ0) is 13.1. The van der Waals surface area contributed by atoms with Gasteiger partial charge >= 0.3 is 0 Å². The van der Waals surface area contributed by atoms with Gasteiger partial charge in [0.1, 0.15) is 6.07 Å². The Hall–Kier alpha value is -1.01. The van der Waals surface area contributed by atoms with Crippen LogP contribution in [0.25, 0.3) is 0 Å². The molecule has 2 atom stereocenters. The van der Waals surface area contributed by atoms with Gasteiger partial charge in [0.2, 0.25) is 0 Å². The fourth-order valence-corrected chi connectivity index (χ4v) is 2.98. The summed E-state index contributed by atoms with van der Waals surface area (Å²) in [5.74, 6) is 0.712. The fourth-order valence-electron chi connectivity index (χ4n) is 2.63. The quantitative estimate of drug-likeness (QED) is 0.770. The maximum Gasteiger partial charge on any atom is 0.101 e. The predicted octanol–water partition coefficient (Wildman–Crippen LogP) is 4.08. The summed E-state index contributed by atoms with van der Waals surface area (Å²) in [5, 5.41) is 10.1. The molecule has 1 fully saturated rings. The lowest BCUT2D eigenvalue weighted by molar-refractivity contribution is 0.390. The number of halogens is 1. The normalized spacial score (nSPS) is 23.8. The van der Waals surface area contributed by atoms with Crippen molar-refractivity contribution in [3.8, 4) is 6.07 Å². The van der Waals surface area contributed by atoms with E-state index in [1.54, 1.807) is 0 Å². The van der Waals surface area contributed by atoms with Gasteiger partial charge in [0.15, 0.2) is 0 Å². The molecular weight excluding hydrogens is 288 g/mol. The van der Waals surface area contributed by atoms with E-state index in [-0.39, 0.29) is 0 Å². The third-order valence-corrected chi connectivity index (χ3v) is 4.41. The Morgan fingerprint density at radius 3 is 2.83 bits per heavy atom. The molecule has 2 nitrogen and oxygen atoms in total. The van der Waals surface area contributed by atoms with E-state index in [2.05, 4.69) is 52.9 Å². The van der Waals surface area contributed by atoms with Gasteiger partial charge in [-0.05, 0) is 43.4 Å². The van der Waals surface area contributed by atoms with Crippen LogP contribution in [0.4, 0.5) is 5.69 Å². The number of rotatable bonds is 2. The number of hydrogen-bond acceptors (Lipinski definition) is 2. The highest BCUT2D eigenvalue weighted by atomic mass is 79.9. The first-order chi connectivity index (χ1) is 8.65. The maximum absolute atomic E-state index is 9.33. The lowest BCUT2D eigenvalue weighted by Crippen LogP contribution is -2.41. The SMILES string of the molecule is CC1CCC(C)N(c2ccc(CBr)cc2C#N)C1. The molecule has 1 aromatic carbocycles. The molecule has 1 saturated heterocycles. The van der Waals surface area contributed by atoms with E-state index in [0.717, 1.165) is 28.7 Å². The number of nitriles is 1. The van der Waals surface area contributed by atoms with E-state index in [1.807, 2.05) is 6.07 Å². The molecule has 3 heteroatoms. The zero-order valence-corrected chi connectivity index (χ0v) is 12.6. The Balaban J connectivity index is 2.34. The molecule has 1 aliphatic rings. The van der Waals surface area contributed by atoms with Gasteiger partial charge in [-0.15, -0.1) is 0 Å². The number of alkyl halides is 1. The molecule has 2 unspecified atom stereocenters. The molecular formula is C15H19BrN2. The molecule has 2 rings (SSSR count). The largest absolute Gasteiger partial charge is 0.367 e. The Bertz CT molecular complexity index is 464. The van der Waals surface area contributed by atoms with E-state index in [1.165, 1.54) is 12.8 Å². The average molecular weight is 307 g/mol. The predicted molar refractivity (Wildman–Crippen MR) is 79.0 cm³/mol. The van der Waals surface area contributed by atoms with Crippen LogP contribution in [0.1, 0.15) is 37.8 Å². The lowest BCUT2D eigenvalue weighted by atomic mass is 9.93. The zero-order valence-electron chi connectivity index (χ0n) is 11.0. The molecule has 18 heavy (non-hydrogen) atoms. The molecule has 1 aliphatic heterocycles. The summed E-state index contributed by atoms with van der Waals surface area (Å²) >= 11 is 3.44. The summed E-state index contributed by atoms with van der Waals surface area (Å²) in [6.07, 6.45) is 2.51. The van der Waals surface area contributed by atoms with E-state index in [0.29, 0.717) is 12.0 Å². The molecule has 0 aromatic heterocycles. The number of nitrogens with zero attached hydrogens (tertiary/aromatic N) is 2. The maximum atomic E-state index is 9.33. The second kappa shape index (κ2) is 5.75. The van der Waals surface area contributed by atoms with Crippen molar-refractivity contribution in [1.29, 1.82) is 5.26 Å². The van der Waals surface area contributed by atoms with Crippen molar-refractivity contribution >= 4 is 21.6 Å². The highest BCUT2D eigenvalue weighted by Crippen LogP contribution is 2.30. The standard InChI is InChI=1S/C15H19BrN2/c1-11-3-4-12(2)18(10-11)15-6-5-13(8-16)7-14(15)9-17/h5-7,11-12H,3-4,8,10H2,1-2H3. The smallest absolute Gasteiger partial charge is 0.101 e. The first-order valence-corrected chi connectivity index (χ1v) is 7.63. The van der Waals surface area contributed by atoms with Crippen LogP contribution in [0.5, 0.6) is 0 Å². The Morgan fingerprint density at radius 2 is 2.17 bits per heavy atom. The second-order valence-electron chi connectivity index (χ2n) is 5.28. The van der Waals surface area contributed by atoms with Crippen LogP contribution in [-0.4, -0.2) is 12.6 Å². The number of hydrogen-bond donors (Lipinski definition) is 0. The van der Waals surface area contributed by atoms with Crippen molar-refractivity contribution in [3.63, 3.8) is 0 Å². The first-order valence-electron chi connectivity index (χ1n) is 6.51. The number of anilines is 1. The molecule has 0 N–H and O–H groups in total. The van der Waals surface area contributed by atoms with Gasteiger partial charge in [-0.2, -0.15) is 5.26 Å². The highest BCUT2D eigenvalue weighted by Gasteiger charge is 2.24. The van der Waals surface area contributed by atoms with Crippen molar-refractivity contribution in [2.24, 2.45) is 5.92 Å². The van der Waals surface area contributed by atoms with Gasteiger partial charge in [0.05, 0.1) is 11.3 Å². The summed E-state index contributed by atoms with van der Waals surface area (Å²) < 4.78 is 0. The number of benzene rings is 1. The van der Waals surface area contributed by atoms with Crippen LogP contribution >= 0.6 is 15.9 Å². The van der Waals surface area contributed by atoms with Crippen LogP contribution in [0.15, 0.2) is 18.2 Å². The van der Waals surface area contributed by atoms with Crippen molar-refractivity contribution < 1.29 is 0 Å². The molecule has 0 amide bonds. The molecule has 0 bridgehead atoms. The van der Waals surface area contributed by atoms with Gasteiger partial charge < -0.3 is 4.90 Å². The molecule has 96 valence electrons. The van der Waals surface area contributed by atoms with Gasteiger partial charge in [-0.3, -0.25) is 0 Å². The Kier molecular flexibility index (Phi) is 4.29. The van der Waals surface area contributed by atoms with Crippen LogP contribution in [-0.2, 0) is 5.33 Å². The molecule has 0 radical (unpaired) electrons. The Labute approximate surface area is 118 Å². The van der Waals surface area contributed by atoms with Crippen molar-refractivity contribution in [1.82, 2.24) is 0 Å². The first kappa shape index (κ1) is 13.4. The summed E-state index contributed by atoms with van der Waals surface area (Å²) in [4.78, 5) is 2.39. The monoisotopic (exact) mass is 306 g/mol. The second-order valence-corrected chi connectivity index (χ2v) is 5.84. The minimum atomic E-state index is 0.531. The van der Waals surface area contributed by atoms with Crippen molar-refractivity contribution in [3.05, 3.63) is 29.3 Å². The minimum absolute atomic E-state index is 0.531. The van der Waals surface area contributed by atoms with E-state index in [9.17, 15) is 5.26 Å². The van der Waals surface area contributed by atoms with Gasteiger partial charge in [0.25, 0.3) is 0 Å².